The summed E-state index contributed by atoms with van der Waals surface area (Å²) in [6.45, 7) is 6.37. The molecule has 0 aliphatic carbocycles. The molecule has 1 aliphatic heterocycles. The molecule has 29 heavy (non-hydrogen) atoms. The molecule has 0 saturated carbocycles. The summed E-state index contributed by atoms with van der Waals surface area (Å²) in [4.78, 5) is 9.35. The Kier molecular flexibility index (Phi) is 5.95. The van der Waals surface area contributed by atoms with Gasteiger partial charge in [-0.25, -0.2) is 4.98 Å². The highest BCUT2D eigenvalue weighted by molar-refractivity contribution is 7.80. The van der Waals surface area contributed by atoms with Gasteiger partial charge in [-0.3, -0.25) is 0 Å². The standard InChI is InChI=1S/C22H25N5OS/c1-17-7-9-20(28-17)16-24-22(29)25-18-8-10-21(23-15-18)27-13-11-26(12-14-27)19-5-3-2-4-6-19/h2-10,15H,11-14,16H2,1H3,(H2,24,25,29). The van der Waals surface area contributed by atoms with E-state index in [0.717, 1.165) is 49.2 Å². The molecule has 0 spiro atoms. The quantitative estimate of drug-likeness (QED) is 0.624. The number of nitrogens with zero attached hydrogens (tertiary/aromatic N) is 3. The Morgan fingerprint density at radius 3 is 2.41 bits per heavy atom. The molecule has 0 radical (unpaired) electrons. The monoisotopic (exact) mass is 407 g/mol. The highest BCUT2D eigenvalue weighted by Gasteiger charge is 2.18. The number of benzene rings is 1. The molecule has 0 bridgehead atoms. The third-order valence-corrected chi connectivity index (χ3v) is 5.20. The van der Waals surface area contributed by atoms with E-state index >= 15 is 0 Å². The zero-order chi connectivity index (χ0) is 20.1. The molecular weight excluding hydrogens is 382 g/mol. The molecular formula is C22H25N5OS. The highest BCUT2D eigenvalue weighted by atomic mass is 32.1. The molecule has 2 aromatic heterocycles. The Balaban J connectivity index is 1.26. The molecule has 2 N–H and O–H groups in total. The molecule has 3 aromatic rings. The first kappa shape index (κ1) is 19.3. The summed E-state index contributed by atoms with van der Waals surface area (Å²) in [6, 6.07) is 18.5. The van der Waals surface area contributed by atoms with Gasteiger partial charge >= 0.3 is 0 Å². The van der Waals surface area contributed by atoms with Crippen molar-refractivity contribution in [2.45, 2.75) is 13.5 Å². The predicted octanol–water partition coefficient (Wildman–Crippen LogP) is 3.80. The van der Waals surface area contributed by atoms with Crippen molar-refractivity contribution in [1.82, 2.24) is 10.3 Å². The minimum atomic E-state index is 0.546. The fourth-order valence-corrected chi connectivity index (χ4v) is 3.59. The van der Waals surface area contributed by atoms with Crippen LogP contribution in [0.1, 0.15) is 11.5 Å². The summed E-state index contributed by atoms with van der Waals surface area (Å²) in [5, 5.41) is 6.86. The van der Waals surface area contributed by atoms with Crippen LogP contribution in [0, 0.1) is 6.92 Å². The van der Waals surface area contributed by atoms with Crippen molar-refractivity contribution < 1.29 is 4.42 Å². The van der Waals surface area contributed by atoms with Crippen molar-refractivity contribution in [1.29, 1.82) is 0 Å². The first-order valence-electron chi connectivity index (χ1n) is 9.78. The number of nitrogens with one attached hydrogen (secondary N) is 2. The van der Waals surface area contributed by atoms with E-state index in [-0.39, 0.29) is 0 Å². The fraction of sp³-hybridized carbons (Fsp3) is 0.273. The van der Waals surface area contributed by atoms with Crippen molar-refractivity contribution in [3.05, 3.63) is 72.3 Å². The number of pyridine rings is 1. The molecule has 0 atom stereocenters. The third-order valence-electron chi connectivity index (χ3n) is 4.95. The fourth-order valence-electron chi connectivity index (χ4n) is 3.40. The van der Waals surface area contributed by atoms with Gasteiger partial charge < -0.3 is 24.9 Å². The van der Waals surface area contributed by atoms with Crippen molar-refractivity contribution in [3.63, 3.8) is 0 Å². The van der Waals surface area contributed by atoms with E-state index < -0.39 is 0 Å². The summed E-state index contributed by atoms with van der Waals surface area (Å²) in [5.74, 6) is 2.74. The van der Waals surface area contributed by atoms with Crippen LogP contribution in [0.5, 0.6) is 0 Å². The lowest BCUT2D eigenvalue weighted by atomic mass is 10.2. The summed E-state index contributed by atoms with van der Waals surface area (Å²) in [6.07, 6.45) is 1.82. The van der Waals surface area contributed by atoms with E-state index in [1.807, 2.05) is 37.4 Å². The predicted molar refractivity (Wildman–Crippen MR) is 122 cm³/mol. The summed E-state index contributed by atoms with van der Waals surface area (Å²) < 4.78 is 5.53. The SMILES string of the molecule is Cc1ccc(CNC(=S)Nc2ccc(N3CCN(c4ccccc4)CC3)nc2)o1. The minimum absolute atomic E-state index is 0.546. The number of para-hydroxylation sites is 1. The van der Waals surface area contributed by atoms with Crippen molar-refractivity contribution in [2.75, 3.05) is 41.3 Å². The maximum atomic E-state index is 5.53. The molecule has 6 nitrogen and oxygen atoms in total. The van der Waals surface area contributed by atoms with Crippen LogP contribution in [-0.2, 0) is 6.54 Å². The maximum Gasteiger partial charge on any atom is 0.171 e. The minimum Gasteiger partial charge on any atom is -0.465 e. The van der Waals surface area contributed by atoms with Crippen molar-refractivity contribution >= 4 is 34.5 Å². The molecule has 0 unspecified atom stereocenters. The van der Waals surface area contributed by atoms with Gasteiger partial charge in [-0.2, -0.15) is 0 Å². The lowest BCUT2D eigenvalue weighted by Crippen LogP contribution is -2.46. The third kappa shape index (κ3) is 5.06. The van der Waals surface area contributed by atoms with E-state index in [9.17, 15) is 0 Å². The number of aryl methyl sites for hydroxylation is 1. The van der Waals surface area contributed by atoms with Gasteiger partial charge in [0.2, 0.25) is 0 Å². The highest BCUT2D eigenvalue weighted by Crippen LogP contribution is 2.20. The normalized spacial score (nSPS) is 14.0. The summed E-state index contributed by atoms with van der Waals surface area (Å²) >= 11 is 5.35. The second-order valence-corrected chi connectivity index (χ2v) is 7.44. The molecule has 1 saturated heterocycles. The zero-order valence-corrected chi connectivity index (χ0v) is 17.3. The summed E-state index contributed by atoms with van der Waals surface area (Å²) in [7, 11) is 0. The topological polar surface area (TPSA) is 56.6 Å². The van der Waals surface area contributed by atoms with Gasteiger partial charge in [0.15, 0.2) is 5.11 Å². The second-order valence-electron chi connectivity index (χ2n) is 7.03. The number of furan rings is 1. The molecule has 3 heterocycles. The Bertz CT molecular complexity index is 933. The van der Waals surface area contributed by atoms with E-state index in [0.29, 0.717) is 11.7 Å². The van der Waals surface area contributed by atoms with Crippen molar-refractivity contribution in [3.8, 4) is 0 Å². The van der Waals surface area contributed by atoms with E-state index in [1.165, 1.54) is 5.69 Å². The van der Waals surface area contributed by atoms with Gasteiger partial charge in [-0.05, 0) is 55.5 Å². The van der Waals surface area contributed by atoms with E-state index in [2.05, 4.69) is 55.7 Å². The van der Waals surface area contributed by atoms with Crippen LogP contribution in [0.25, 0.3) is 0 Å². The van der Waals surface area contributed by atoms with E-state index in [4.69, 9.17) is 16.6 Å². The second kappa shape index (κ2) is 8.96. The van der Waals surface area contributed by atoms with Crippen LogP contribution in [0.2, 0.25) is 0 Å². The molecule has 150 valence electrons. The maximum absolute atomic E-state index is 5.53. The Morgan fingerprint density at radius 1 is 1.00 bits per heavy atom. The molecule has 7 heteroatoms. The average molecular weight is 408 g/mol. The average Bonchev–Trinajstić information content (AvgIpc) is 3.19. The number of hydrogen-bond donors (Lipinski definition) is 2. The molecule has 1 aliphatic rings. The van der Waals surface area contributed by atoms with Crippen LogP contribution >= 0.6 is 12.2 Å². The van der Waals surface area contributed by atoms with Crippen LogP contribution in [-0.4, -0.2) is 36.3 Å². The number of thiocarbonyl (C=S) groups is 1. The lowest BCUT2D eigenvalue weighted by molar-refractivity contribution is 0.478. The number of rotatable bonds is 5. The van der Waals surface area contributed by atoms with Gasteiger partial charge in [-0.15, -0.1) is 0 Å². The number of anilines is 3. The van der Waals surface area contributed by atoms with Gasteiger partial charge in [0.05, 0.1) is 18.4 Å². The number of hydrogen-bond acceptors (Lipinski definition) is 5. The zero-order valence-electron chi connectivity index (χ0n) is 16.5. The Hall–Kier alpha value is -3.06. The number of aromatic nitrogens is 1. The van der Waals surface area contributed by atoms with Crippen molar-refractivity contribution in [2.24, 2.45) is 0 Å². The first-order chi connectivity index (χ1) is 14.2. The van der Waals surface area contributed by atoms with Crippen LogP contribution < -0.4 is 20.4 Å². The smallest absolute Gasteiger partial charge is 0.171 e. The van der Waals surface area contributed by atoms with Gasteiger partial charge in [0.1, 0.15) is 17.3 Å². The largest absolute Gasteiger partial charge is 0.465 e. The Morgan fingerprint density at radius 2 is 1.76 bits per heavy atom. The molecule has 1 fully saturated rings. The Labute approximate surface area is 176 Å². The van der Waals surface area contributed by atoms with Crippen LogP contribution in [0.3, 0.4) is 0 Å². The van der Waals surface area contributed by atoms with E-state index in [1.54, 1.807) is 0 Å². The molecule has 0 amide bonds. The lowest BCUT2D eigenvalue weighted by Gasteiger charge is -2.36. The molecule has 1 aromatic carbocycles. The summed E-state index contributed by atoms with van der Waals surface area (Å²) in [5.41, 5.74) is 2.15. The van der Waals surface area contributed by atoms with Gasteiger partial charge in [0.25, 0.3) is 0 Å². The van der Waals surface area contributed by atoms with Gasteiger partial charge in [-0.1, -0.05) is 18.2 Å². The van der Waals surface area contributed by atoms with Crippen LogP contribution in [0.15, 0.2) is 65.2 Å². The first-order valence-corrected chi connectivity index (χ1v) is 10.2. The van der Waals surface area contributed by atoms with Crippen LogP contribution in [0.4, 0.5) is 17.2 Å². The van der Waals surface area contributed by atoms with Gasteiger partial charge in [0, 0.05) is 31.9 Å². The number of piperazine rings is 1. The molecule has 4 rings (SSSR count).